The molecular weight excluding hydrogens is 188 g/mol. The van der Waals surface area contributed by atoms with Crippen molar-refractivity contribution in [2.24, 2.45) is 0 Å². The summed E-state index contributed by atoms with van der Waals surface area (Å²) in [6, 6.07) is 3.88. The third-order valence-electron chi connectivity index (χ3n) is 2.73. The van der Waals surface area contributed by atoms with Gasteiger partial charge in [0, 0.05) is 19.3 Å². The minimum Gasteiger partial charge on any atom is -0.341 e. The van der Waals surface area contributed by atoms with Gasteiger partial charge in [-0.15, -0.1) is 0 Å². The Bertz CT molecular complexity index is 477. The predicted molar refractivity (Wildman–Crippen MR) is 58.8 cm³/mol. The molecule has 4 nitrogen and oxygen atoms in total. The molecule has 0 aliphatic carbocycles. The highest BCUT2D eigenvalue weighted by atomic mass is 15.3. The average Bonchev–Trinajstić information content (AvgIpc) is 2.82. The summed E-state index contributed by atoms with van der Waals surface area (Å²) in [5.74, 6) is 0.841. The Labute approximate surface area is 88.0 Å². The van der Waals surface area contributed by atoms with Crippen LogP contribution in [0.2, 0.25) is 0 Å². The van der Waals surface area contributed by atoms with E-state index in [2.05, 4.69) is 19.9 Å². The van der Waals surface area contributed by atoms with E-state index in [1.807, 2.05) is 12.1 Å². The molecule has 0 spiro atoms. The third kappa shape index (κ3) is 1.52. The Kier molecular flexibility index (Phi) is 1.98. The van der Waals surface area contributed by atoms with E-state index < -0.39 is 0 Å². The second kappa shape index (κ2) is 3.46. The van der Waals surface area contributed by atoms with Gasteiger partial charge in [-0.2, -0.15) is 0 Å². The number of aromatic nitrogens is 3. The van der Waals surface area contributed by atoms with Crippen LogP contribution in [0.25, 0.3) is 11.0 Å². The predicted octanol–water partition coefficient (Wildman–Crippen LogP) is 1.62. The molecule has 0 unspecified atom stereocenters. The number of rotatable bonds is 1. The summed E-state index contributed by atoms with van der Waals surface area (Å²) >= 11 is 0. The molecule has 2 aromatic heterocycles. The largest absolute Gasteiger partial charge is 0.341 e. The molecule has 0 radical (unpaired) electrons. The molecule has 1 fully saturated rings. The Morgan fingerprint density at radius 1 is 1.07 bits per heavy atom. The smallest absolute Gasteiger partial charge is 0.225 e. The fourth-order valence-electron chi connectivity index (χ4n) is 1.93. The topological polar surface area (TPSA) is 41.9 Å². The average molecular weight is 200 g/mol. The maximum absolute atomic E-state index is 4.51. The maximum Gasteiger partial charge on any atom is 0.225 e. The molecule has 0 aromatic carbocycles. The van der Waals surface area contributed by atoms with Crippen LogP contribution < -0.4 is 4.90 Å². The van der Waals surface area contributed by atoms with Crippen LogP contribution in [0.4, 0.5) is 5.95 Å². The zero-order valence-electron chi connectivity index (χ0n) is 8.43. The zero-order chi connectivity index (χ0) is 10.1. The number of fused-ring (bicyclic) bond motifs is 1. The van der Waals surface area contributed by atoms with Crippen molar-refractivity contribution in [3.05, 3.63) is 24.5 Å². The lowest BCUT2D eigenvalue weighted by Gasteiger charge is -2.14. The van der Waals surface area contributed by atoms with Gasteiger partial charge in [0.25, 0.3) is 0 Å². The molecule has 4 heteroatoms. The number of pyridine rings is 1. The molecular formula is C11H12N4. The first kappa shape index (κ1) is 8.59. The summed E-state index contributed by atoms with van der Waals surface area (Å²) in [4.78, 5) is 15.3. The van der Waals surface area contributed by atoms with E-state index in [1.165, 1.54) is 12.8 Å². The van der Waals surface area contributed by atoms with E-state index in [0.29, 0.717) is 0 Å². The summed E-state index contributed by atoms with van der Waals surface area (Å²) in [7, 11) is 0. The molecule has 1 saturated heterocycles. The van der Waals surface area contributed by atoms with Crippen molar-refractivity contribution in [3.8, 4) is 0 Å². The molecule has 76 valence electrons. The molecule has 0 atom stereocenters. The second-order valence-electron chi connectivity index (χ2n) is 3.77. The standard InChI is InChI=1S/C11H12N4/c1-2-7-15(6-1)11-13-8-10-9(14-11)4-3-5-12-10/h3-5,8H,1-2,6-7H2. The molecule has 1 aliphatic heterocycles. The van der Waals surface area contributed by atoms with Crippen molar-refractivity contribution in [1.29, 1.82) is 0 Å². The molecule has 0 saturated carbocycles. The Balaban J connectivity index is 2.05. The monoisotopic (exact) mass is 200 g/mol. The van der Waals surface area contributed by atoms with Gasteiger partial charge in [-0.25, -0.2) is 9.97 Å². The molecule has 0 amide bonds. The Morgan fingerprint density at radius 3 is 2.80 bits per heavy atom. The van der Waals surface area contributed by atoms with E-state index >= 15 is 0 Å². The molecule has 0 bridgehead atoms. The van der Waals surface area contributed by atoms with Gasteiger partial charge < -0.3 is 4.90 Å². The minimum absolute atomic E-state index is 0.841. The molecule has 2 aromatic rings. The summed E-state index contributed by atoms with van der Waals surface area (Å²) < 4.78 is 0. The quantitative estimate of drug-likeness (QED) is 0.701. The van der Waals surface area contributed by atoms with Crippen LogP contribution in [-0.4, -0.2) is 28.0 Å². The number of hydrogen-bond donors (Lipinski definition) is 0. The van der Waals surface area contributed by atoms with Crippen molar-refractivity contribution in [3.63, 3.8) is 0 Å². The summed E-state index contributed by atoms with van der Waals surface area (Å²) in [6.45, 7) is 2.15. The van der Waals surface area contributed by atoms with E-state index in [1.54, 1.807) is 12.4 Å². The molecule has 15 heavy (non-hydrogen) atoms. The van der Waals surface area contributed by atoms with Crippen LogP contribution in [0.15, 0.2) is 24.5 Å². The van der Waals surface area contributed by atoms with Crippen LogP contribution in [0.1, 0.15) is 12.8 Å². The first-order valence-corrected chi connectivity index (χ1v) is 5.26. The van der Waals surface area contributed by atoms with Crippen LogP contribution in [-0.2, 0) is 0 Å². The van der Waals surface area contributed by atoms with Crippen LogP contribution in [0.3, 0.4) is 0 Å². The lowest BCUT2D eigenvalue weighted by atomic mass is 10.4. The van der Waals surface area contributed by atoms with Crippen molar-refractivity contribution in [1.82, 2.24) is 15.0 Å². The van der Waals surface area contributed by atoms with Gasteiger partial charge in [0.05, 0.1) is 11.7 Å². The normalized spacial score (nSPS) is 16.1. The third-order valence-corrected chi connectivity index (χ3v) is 2.73. The van der Waals surface area contributed by atoms with E-state index in [-0.39, 0.29) is 0 Å². The lowest BCUT2D eigenvalue weighted by Crippen LogP contribution is -2.20. The summed E-state index contributed by atoms with van der Waals surface area (Å²) in [5, 5.41) is 0. The lowest BCUT2D eigenvalue weighted by molar-refractivity contribution is 0.906. The Morgan fingerprint density at radius 2 is 1.93 bits per heavy atom. The van der Waals surface area contributed by atoms with Crippen molar-refractivity contribution < 1.29 is 0 Å². The summed E-state index contributed by atoms with van der Waals surface area (Å²) in [5.41, 5.74) is 1.79. The van der Waals surface area contributed by atoms with Crippen LogP contribution >= 0.6 is 0 Å². The molecule has 0 N–H and O–H groups in total. The van der Waals surface area contributed by atoms with Gasteiger partial charge >= 0.3 is 0 Å². The summed E-state index contributed by atoms with van der Waals surface area (Å²) in [6.07, 6.45) is 6.06. The fourth-order valence-corrected chi connectivity index (χ4v) is 1.93. The zero-order valence-corrected chi connectivity index (χ0v) is 8.43. The maximum atomic E-state index is 4.51. The SMILES string of the molecule is c1cnc2cnc(N3CCCC3)nc2c1. The van der Waals surface area contributed by atoms with Gasteiger partial charge in [0.15, 0.2) is 0 Å². The van der Waals surface area contributed by atoms with Crippen LogP contribution in [0, 0.1) is 0 Å². The second-order valence-corrected chi connectivity index (χ2v) is 3.77. The van der Waals surface area contributed by atoms with Gasteiger partial charge in [-0.05, 0) is 25.0 Å². The van der Waals surface area contributed by atoms with Gasteiger partial charge in [-0.3, -0.25) is 4.98 Å². The van der Waals surface area contributed by atoms with Crippen LogP contribution in [0.5, 0.6) is 0 Å². The fraction of sp³-hybridized carbons (Fsp3) is 0.364. The molecule has 1 aliphatic rings. The minimum atomic E-state index is 0.841. The first-order valence-electron chi connectivity index (χ1n) is 5.26. The Hall–Kier alpha value is -1.71. The van der Waals surface area contributed by atoms with Crippen molar-refractivity contribution in [2.75, 3.05) is 18.0 Å². The molecule has 3 rings (SSSR count). The van der Waals surface area contributed by atoms with Gasteiger partial charge in [-0.1, -0.05) is 0 Å². The van der Waals surface area contributed by atoms with Crippen molar-refractivity contribution in [2.45, 2.75) is 12.8 Å². The highest BCUT2D eigenvalue weighted by Crippen LogP contribution is 2.17. The molecule has 3 heterocycles. The number of hydrogen-bond acceptors (Lipinski definition) is 4. The van der Waals surface area contributed by atoms with Gasteiger partial charge in [0.2, 0.25) is 5.95 Å². The van der Waals surface area contributed by atoms with E-state index in [4.69, 9.17) is 0 Å². The number of nitrogens with zero attached hydrogens (tertiary/aromatic N) is 4. The van der Waals surface area contributed by atoms with Crippen molar-refractivity contribution >= 4 is 17.0 Å². The number of anilines is 1. The highest BCUT2D eigenvalue weighted by Gasteiger charge is 2.14. The van der Waals surface area contributed by atoms with E-state index in [9.17, 15) is 0 Å². The highest BCUT2D eigenvalue weighted by molar-refractivity contribution is 5.73. The van der Waals surface area contributed by atoms with Gasteiger partial charge in [0.1, 0.15) is 5.52 Å². The first-order chi connectivity index (χ1) is 7.43. The van der Waals surface area contributed by atoms with E-state index in [0.717, 1.165) is 30.1 Å².